The maximum absolute atomic E-state index is 12.6. The zero-order chi connectivity index (χ0) is 27.5. The average Bonchev–Trinajstić information content (AvgIpc) is 3.07. The molecule has 0 bridgehead atoms. The van der Waals surface area contributed by atoms with Crippen LogP contribution in [0.5, 0.6) is 5.75 Å². The van der Waals surface area contributed by atoms with E-state index in [0.717, 1.165) is 30.4 Å². The van der Waals surface area contributed by atoms with Gasteiger partial charge in [0.25, 0.3) is 0 Å². The number of likely N-dealkylation sites (tertiary alicyclic amines) is 1. The third kappa shape index (κ3) is 6.29. The summed E-state index contributed by atoms with van der Waals surface area (Å²) in [5, 5.41) is 11.6. The molecule has 2 aromatic carbocycles. The van der Waals surface area contributed by atoms with Crippen molar-refractivity contribution < 1.29 is 17.9 Å². The summed E-state index contributed by atoms with van der Waals surface area (Å²) in [6, 6.07) is 15.7. The number of hydrogen-bond donors (Lipinski definition) is 0. The van der Waals surface area contributed by atoms with E-state index in [-0.39, 0.29) is 23.9 Å². The fourth-order valence-corrected chi connectivity index (χ4v) is 6.01. The zero-order valence-electron chi connectivity index (χ0n) is 21.2. The molecule has 1 fully saturated rings. The molecule has 2 aromatic rings. The molecule has 38 heavy (non-hydrogen) atoms. The number of halogens is 5. The molecule has 1 heterocycles. The fourth-order valence-electron chi connectivity index (χ4n) is 5.52. The molecule has 0 aromatic heterocycles. The third-order valence-corrected chi connectivity index (χ3v) is 8.05. The van der Waals surface area contributed by atoms with Gasteiger partial charge in [0.05, 0.1) is 17.5 Å². The first-order chi connectivity index (χ1) is 18.0. The van der Waals surface area contributed by atoms with E-state index < -0.39 is 11.8 Å². The van der Waals surface area contributed by atoms with Gasteiger partial charge >= 0.3 is 6.36 Å². The van der Waals surface area contributed by atoms with Crippen LogP contribution in [-0.4, -0.2) is 23.3 Å². The Hall–Kier alpha value is -2.72. The Balaban J connectivity index is 1.71. The first-order valence-corrected chi connectivity index (χ1v) is 13.3. The molecule has 8 heteroatoms. The van der Waals surface area contributed by atoms with Gasteiger partial charge in [0.2, 0.25) is 0 Å². The number of nitriles is 1. The smallest absolute Gasteiger partial charge is 0.406 e. The number of alkyl halides is 3. The highest BCUT2D eigenvalue weighted by Crippen LogP contribution is 2.46. The second-order valence-corrected chi connectivity index (χ2v) is 10.8. The summed E-state index contributed by atoms with van der Waals surface area (Å²) in [5.74, 6) is -0.314. The van der Waals surface area contributed by atoms with Gasteiger partial charge in [-0.2, -0.15) is 5.26 Å². The lowest BCUT2D eigenvalue weighted by Gasteiger charge is -2.40. The predicted octanol–water partition coefficient (Wildman–Crippen LogP) is 9.01. The van der Waals surface area contributed by atoms with Crippen LogP contribution in [0.2, 0.25) is 5.02 Å². The minimum absolute atomic E-state index is 0.000348. The molecular formula is C30H29Cl2F3N2O. The number of rotatable bonds is 7. The zero-order valence-corrected chi connectivity index (χ0v) is 22.7. The lowest BCUT2D eigenvalue weighted by molar-refractivity contribution is -0.274. The van der Waals surface area contributed by atoms with Gasteiger partial charge in [-0.15, -0.1) is 13.2 Å². The fraction of sp³-hybridized carbons (Fsp3) is 0.367. The molecule has 4 unspecified atom stereocenters. The van der Waals surface area contributed by atoms with Crippen LogP contribution >= 0.6 is 23.2 Å². The van der Waals surface area contributed by atoms with E-state index in [4.69, 9.17) is 23.2 Å². The lowest BCUT2D eigenvalue weighted by Crippen LogP contribution is -2.42. The topological polar surface area (TPSA) is 36.3 Å². The highest BCUT2D eigenvalue weighted by atomic mass is 35.5. The molecule has 4 atom stereocenters. The van der Waals surface area contributed by atoms with Crippen molar-refractivity contribution in [1.82, 2.24) is 4.90 Å². The normalized spacial score (nSPS) is 22.6. The number of nitrogens with zero attached hydrogens (tertiary/aromatic N) is 2. The van der Waals surface area contributed by atoms with Gasteiger partial charge < -0.3 is 4.74 Å². The second kappa shape index (κ2) is 11.6. The molecule has 1 aliphatic carbocycles. The van der Waals surface area contributed by atoms with E-state index in [0.29, 0.717) is 22.0 Å². The lowest BCUT2D eigenvalue weighted by atomic mass is 9.77. The van der Waals surface area contributed by atoms with E-state index >= 15 is 0 Å². The van der Waals surface area contributed by atoms with Crippen LogP contribution in [-0.2, 0) is 5.41 Å². The predicted molar refractivity (Wildman–Crippen MR) is 145 cm³/mol. The largest absolute Gasteiger partial charge is 0.573 e. The van der Waals surface area contributed by atoms with Gasteiger partial charge in [0, 0.05) is 22.1 Å². The van der Waals surface area contributed by atoms with Crippen molar-refractivity contribution in [2.45, 2.75) is 69.4 Å². The van der Waals surface area contributed by atoms with Gasteiger partial charge in [-0.3, -0.25) is 4.90 Å². The molecular weight excluding hydrogens is 532 g/mol. The molecule has 1 aliphatic heterocycles. The summed E-state index contributed by atoms with van der Waals surface area (Å²) in [6.45, 7) is 4.00. The van der Waals surface area contributed by atoms with Gasteiger partial charge in [0.15, 0.2) is 0 Å². The maximum Gasteiger partial charge on any atom is 0.573 e. The Kier molecular flexibility index (Phi) is 8.62. The van der Waals surface area contributed by atoms with E-state index in [1.165, 1.54) is 24.3 Å². The molecule has 0 spiro atoms. The van der Waals surface area contributed by atoms with Crippen LogP contribution in [0.15, 0.2) is 83.4 Å². The van der Waals surface area contributed by atoms with E-state index in [1.54, 1.807) is 0 Å². The summed E-state index contributed by atoms with van der Waals surface area (Å²) in [6.07, 6.45) is 6.33. The highest BCUT2D eigenvalue weighted by Gasteiger charge is 2.43. The molecule has 200 valence electrons. The second-order valence-electron chi connectivity index (χ2n) is 10.0. The Morgan fingerprint density at radius 3 is 2.39 bits per heavy atom. The van der Waals surface area contributed by atoms with E-state index in [9.17, 15) is 18.4 Å². The number of benzene rings is 2. The molecule has 4 rings (SSSR count). The summed E-state index contributed by atoms with van der Waals surface area (Å²) >= 11 is 13.5. The Labute approximate surface area is 231 Å². The molecule has 0 amide bonds. The Bertz CT molecular complexity index is 1280. The Morgan fingerprint density at radius 1 is 1.05 bits per heavy atom. The summed E-state index contributed by atoms with van der Waals surface area (Å²) in [7, 11) is 0. The van der Waals surface area contributed by atoms with Gasteiger partial charge in [-0.05, 0) is 80.5 Å². The van der Waals surface area contributed by atoms with Crippen LogP contribution in [0.25, 0.3) is 0 Å². The van der Waals surface area contributed by atoms with Crippen LogP contribution in [0.3, 0.4) is 0 Å². The van der Waals surface area contributed by atoms with Gasteiger partial charge in [0.1, 0.15) is 5.75 Å². The molecule has 2 aliphatic rings. The van der Waals surface area contributed by atoms with Crippen LogP contribution in [0.4, 0.5) is 13.2 Å². The van der Waals surface area contributed by atoms with Crippen LogP contribution in [0.1, 0.15) is 56.7 Å². The minimum atomic E-state index is -4.77. The van der Waals surface area contributed by atoms with E-state index in [1.807, 2.05) is 43.3 Å². The number of allylic oxidation sites excluding steroid dienone is 4. The quantitative estimate of drug-likeness (QED) is 0.339. The number of ether oxygens (including phenoxy) is 1. The van der Waals surface area contributed by atoms with E-state index in [2.05, 4.69) is 34.8 Å². The minimum Gasteiger partial charge on any atom is -0.406 e. The first kappa shape index (κ1) is 28.3. The summed E-state index contributed by atoms with van der Waals surface area (Å²) < 4.78 is 41.9. The third-order valence-electron chi connectivity index (χ3n) is 7.37. The first-order valence-electron chi connectivity index (χ1n) is 12.5. The molecule has 0 saturated carbocycles. The van der Waals surface area contributed by atoms with Crippen molar-refractivity contribution in [3.05, 3.63) is 99.6 Å². The molecule has 1 saturated heterocycles. The SMILES string of the molecule is CC1CCC(CC(C)(C#N)c2ccc(OC(F)(F)F)cc2)N1C(C1=C(Cl)C=CCC=C1)c1ccccc1Cl. The van der Waals surface area contributed by atoms with Crippen molar-refractivity contribution in [3.63, 3.8) is 0 Å². The molecule has 0 radical (unpaired) electrons. The van der Waals surface area contributed by atoms with Gasteiger partial charge in [-0.25, -0.2) is 0 Å². The molecule has 3 nitrogen and oxygen atoms in total. The van der Waals surface area contributed by atoms with Crippen molar-refractivity contribution in [1.29, 1.82) is 5.26 Å². The molecule has 0 N–H and O–H groups in total. The average molecular weight is 561 g/mol. The maximum atomic E-state index is 12.6. The number of hydrogen-bond acceptors (Lipinski definition) is 3. The van der Waals surface area contributed by atoms with Gasteiger partial charge in [-0.1, -0.05) is 71.8 Å². The highest BCUT2D eigenvalue weighted by molar-refractivity contribution is 6.32. The van der Waals surface area contributed by atoms with Crippen molar-refractivity contribution in [2.75, 3.05) is 0 Å². The van der Waals surface area contributed by atoms with Crippen LogP contribution in [0, 0.1) is 11.3 Å². The monoisotopic (exact) mass is 560 g/mol. The van der Waals surface area contributed by atoms with Crippen molar-refractivity contribution in [3.8, 4) is 11.8 Å². The summed E-state index contributed by atoms with van der Waals surface area (Å²) in [4.78, 5) is 2.40. The van der Waals surface area contributed by atoms with Crippen molar-refractivity contribution >= 4 is 23.2 Å². The summed E-state index contributed by atoms with van der Waals surface area (Å²) in [5.41, 5.74) is 1.58. The van der Waals surface area contributed by atoms with Crippen LogP contribution < -0.4 is 4.74 Å². The Morgan fingerprint density at radius 2 is 1.74 bits per heavy atom. The standard InChI is InChI=1S/C30H29Cl2F3N2O/c1-20-12-15-22(18-29(2,19-36)21-13-16-23(17-14-21)38-30(33,34)35)37(20)28(25-9-6-7-11-27(25)32)24-8-4-3-5-10-26(24)31/h4-11,13-14,16-17,20,22,28H,3,12,15,18H2,1-2H3. The van der Waals surface area contributed by atoms with Crippen molar-refractivity contribution in [2.24, 2.45) is 0 Å².